The summed E-state index contributed by atoms with van der Waals surface area (Å²) in [5.41, 5.74) is -0.937. The molecule has 0 radical (unpaired) electrons. The summed E-state index contributed by atoms with van der Waals surface area (Å²) in [7, 11) is 8.77. The van der Waals surface area contributed by atoms with E-state index in [9.17, 15) is 9.59 Å². The highest BCUT2D eigenvalue weighted by Gasteiger charge is 2.88. The lowest BCUT2D eigenvalue weighted by Crippen LogP contribution is -2.77. The van der Waals surface area contributed by atoms with Crippen LogP contribution >= 0.6 is 0 Å². The van der Waals surface area contributed by atoms with E-state index in [1.165, 1.54) is 6.92 Å². The first-order valence-electron chi connectivity index (χ1n) is 16.6. The molecule has 0 amide bonds. The third-order valence-electron chi connectivity index (χ3n) is 13.2. The van der Waals surface area contributed by atoms with Gasteiger partial charge in [0.05, 0.1) is 37.6 Å². The molecule has 0 aromatic heterocycles. The number of rotatable bonds is 10. The largest absolute Gasteiger partial charge is 0.497 e. The molecular weight excluding hydrogens is 578 g/mol. The highest BCUT2D eigenvalue weighted by atomic mass is 16.6. The van der Waals surface area contributed by atoms with Gasteiger partial charge in [-0.2, -0.15) is 0 Å². The van der Waals surface area contributed by atoms with Crippen molar-refractivity contribution in [2.45, 2.75) is 75.6 Å². The second kappa shape index (κ2) is 11.2. The van der Waals surface area contributed by atoms with Gasteiger partial charge in [0.2, 0.25) is 0 Å². The minimum absolute atomic E-state index is 0.0203. The first-order valence-corrected chi connectivity index (χ1v) is 16.6. The zero-order chi connectivity index (χ0) is 31.9. The topological polar surface area (TPSA) is 102 Å². The van der Waals surface area contributed by atoms with Gasteiger partial charge >= 0.3 is 11.9 Å². The molecule has 1 spiro atoms. The molecule has 1 heterocycles. The Bertz CT molecular complexity index is 1310. The van der Waals surface area contributed by atoms with Crippen molar-refractivity contribution >= 4 is 11.9 Å². The van der Waals surface area contributed by atoms with Crippen molar-refractivity contribution in [3.63, 3.8) is 0 Å². The van der Waals surface area contributed by atoms with E-state index in [2.05, 4.69) is 11.8 Å². The fraction of sp³-hybridized carbons (Fsp3) is 0.771. The van der Waals surface area contributed by atoms with Crippen LogP contribution in [0, 0.1) is 40.4 Å². The van der Waals surface area contributed by atoms with Gasteiger partial charge in [0.15, 0.2) is 0 Å². The molecule has 45 heavy (non-hydrogen) atoms. The van der Waals surface area contributed by atoms with Gasteiger partial charge < -0.3 is 33.2 Å². The number of methoxy groups -OCH3 is 5. The van der Waals surface area contributed by atoms with Crippen molar-refractivity contribution < 1.29 is 42.7 Å². The quantitative estimate of drug-likeness (QED) is 0.358. The van der Waals surface area contributed by atoms with Crippen LogP contribution in [0.4, 0.5) is 0 Å². The number of ether oxygens (including phenoxy) is 7. The Kier molecular flexibility index (Phi) is 7.80. The number of hydrogen-bond donors (Lipinski definition) is 0. The van der Waals surface area contributed by atoms with E-state index in [-0.39, 0.29) is 70.7 Å². The zero-order valence-corrected chi connectivity index (χ0v) is 27.7. The van der Waals surface area contributed by atoms with Crippen LogP contribution in [0.3, 0.4) is 0 Å². The van der Waals surface area contributed by atoms with Crippen LogP contribution in [-0.4, -0.2) is 108 Å². The maximum Gasteiger partial charge on any atom is 0.338 e. The van der Waals surface area contributed by atoms with Crippen LogP contribution < -0.4 is 4.74 Å². The zero-order valence-electron chi connectivity index (χ0n) is 27.7. The molecule has 10 heteroatoms. The Morgan fingerprint density at radius 2 is 1.73 bits per heavy atom. The minimum atomic E-state index is -0.947. The molecule has 13 atom stereocenters. The minimum Gasteiger partial charge on any atom is -0.497 e. The molecule has 6 aliphatic rings. The van der Waals surface area contributed by atoms with Crippen LogP contribution in [0.1, 0.15) is 49.9 Å². The van der Waals surface area contributed by atoms with E-state index in [0.717, 1.165) is 32.4 Å². The van der Waals surface area contributed by atoms with Crippen LogP contribution in [0.15, 0.2) is 24.3 Å². The number of esters is 2. The van der Waals surface area contributed by atoms with E-state index in [4.69, 9.17) is 33.2 Å². The first kappa shape index (κ1) is 31.4. The molecule has 1 aliphatic heterocycles. The molecule has 5 saturated carbocycles. The summed E-state index contributed by atoms with van der Waals surface area (Å²) in [6.07, 6.45) is 2.27. The maximum atomic E-state index is 13.8. The third-order valence-corrected chi connectivity index (χ3v) is 13.2. The van der Waals surface area contributed by atoms with Gasteiger partial charge in [0.1, 0.15) is 17.5 Å². The van der Waals surface area contributed by atoms with Crippen LogP contribution in [0.5, 0.6) is 5.75 Å². The molecule has 3 unspecified atom stereocenters. The van der Waals surface area contributed by atoms with E-state index < -0.39 is 17.7 Å². The van der Waals surface area contributed by atoms with E-state index in [0.29, 0.717) is 24.3 Å². The standard InChI is InChI=1S/C35H49NO9/c1-8-36-17-33(18-39-3)14-13-25(42-6)35-23-15-22-24(41-5)16-34(45-19(2)37,27(31(35)36)29(43-7)30(33)35)26(23)28(22)44-32(38)20-9-11-21(40-4)12-10-20/h9-12,22-31H,8,13-18H2,1-7H3/t22-,23-,24+,25+,26-,27?,28+,29+,30-,31?,33+,34-,35?/m1/s1. The van der Waals surface area contributed by atoms with E-state index >= 15 is 0 Å². The van der Waals surface area contributed by atoms with Crippen molar-refractivity contribution in [1.29, 1.82) is 0 Å². The smallest absolute Gasteiger partial charge is 0.338 e. The molecule has 6 fully saturated rings. The molecule has 7 bridgehead atoms. The average Bonchev–Trinajstić information content (AvgIpc) is 3.46. The maximum absolute atomic E-state index is 13.8. The molecule has 1 aromatic carbocycles. The summed E-state index contributed by atoms with van der Waals surface area (Å²) in [6, 6.07) is 7.07. The first-order chi connectivity index (χ1) is 21.7. The molecule has 1 aromatic rings. The number of carbonyl (C=O) groups is 2. The molecule has 248 valence electrons. The number of hydrogen-bond acceptors (Lipinski definition) is 10. The molecule has 7 rings (SSSR count). The summed E-state index contributed by atoms with van der Waals surface area (Å²) in [4.78, 5) is 29.7. The second-order valence-electron chi connectivity index (χ2n) is 14.4. The fourth-order valence-corrected chi connectivity index (χ4v) is 12.4. The van der Waals surface area contributed by atoms with Crippen LogP contribution in [0.2, 0.25) is 0 Å². The van der Waals surface area contributed by atoms with Crippen LogP contribution in [-0.2, 0) is 33.2 Å². The van der Waals surface area contributed by atoms with Gasteiger partial charge in [-0.05, 0) is 56.0 Å². The highest BCUT2D eigenvalue weighted by Crippen LogP contribution is 2.80. The predicted octanol–water partition coefficient (Wildman–Crippen LogP) is 3.60. The van der Waals surface area contributed by atoms with Crippen molar-refractivity contribution in [3.8, 4) is 5.75 Å². The molecule has 1 saturated heterocycles. The lowest BCUT2D eigenvalue weighted by molar-refractivity contribution is -0.280. The Hall–Kier alpha value is -2.24. The summed E-state index contributed by atoms with van der Waals surface area (Å²) >= 11 is 0. The number of fused-ring (bicyclic) bond motifs is 2. The van der Waals surface area contributed by atoms with Gasteiger partial charge in [-0.25, -0.2) is 4.79 Å². The number of likely N-dealkylation sites (tertiary alicyclic amines) is 1. The van der Waals surface area contributed by atoms with Gasteiger partial charge in [-0.1, -0.05) is 6.92 Å². The van der Waals surface area contributed by atoms with Gasteiger partial charge in [-0.3, -0.25) is 9.69 Å². The normalized spacial score (nSPS) is 45.7. The number of nitrogens with zero attached hydrogens (tertiary/aromatic N) is 1. The molecule has 10 nitrogen and oxygen atoms in total. The van der Waals surface area contributed by atoms with Crippen molar-refractivity contribution in [2.24, 2.45) is 40.4 Å². The third kappa shape index (κ3) is 3.98. The molecule has 5 aliphatic carbocycles. The Labute approximate surface area is 266 Å². The Morgan fingerprint density at radius 3 is 2.33 bits per heavy atom. The van der Waals surface area contributed by atoms with Crippen molar-refractivity contribution in [1.82, 2.24) is 4.90 Å². The second-order valence-corrected chi connectivity index (χ2v) is 14.4. The van der Waals surface area contributed by atoms with Crippen molar-refractivity contribution in [2.75, 3.05) is 55.2 Å². The van der Waals surface area contributed by atoms with Gasteiger partial charge in [0, 0.05) is 88.9 Å². The number of piperidine rings is 1. The van der Waals surface area contributed by atoms with Gasteiger partial charge in [0.25, 0.3) is 0 Å². The summed E-state index contributed by atoms with van der Waals surface area (Å²) in [5, 5.41) is 0. The van der Waals surface area contributed by atoms with Gasteiger partial charge in [-0.15, -0.1) is 0 Å². The lowest BCUT2D eigenvalue weighted by atomic mass is 9.43. The predicted molar refractivity (Wildman–Crippen MR) is 163 cm³/mol. The Balaban J connectivity index is 1.43. The van der Waals surface area contributed by atoms with E-state index in [1.54, 1.807) is 45.6 Å². The Morgan fingerprint density at radius 1 is 0.978 bits per heavy atom. The van der Waals surface area contributed by atoms with E-state index in [1.807, 2.05) is 14.2 Å². The summed E-state index contributed by atoms with van der Waals surface area (Å²) in [5.74, 6) is -0.299. The van der Waals surface area contributed by atoms with Crippen molar-refractivity contribution in [3.05, 3.63) is 29.8 Å². The number of benzene rings is 1. The monoisotopic (exact) mass is 627 g/mol. The highest BCUT2D eigenvalue weighted by molar-refractivity contribution is 5.89. The number of carbonyl (C=O) groups excluding carboxylic acids is 2. The summed E-state index contributed by atoms with van der Waals surface area (Å²) < 4.78 is 44.1. The fourth-order valence-electron chi connectivity index (χ4n) is 12.4. The molecular formula is C35H49NO9. The average molecular weight is 628 g/mol. The van der Waals surface area contributed by atoms with Crippen LogP contribution in [0.25, 0.3) is 0 Å². The SMILES string of the molecule is CCN1C[C@]2(COC)CC[C@H](OC)C34C1C([C@H](OC)[C@@H]32)[C@@]1(OC(C)=O)C[C@H](OC)[C@H]2C[C@@H]4[C@@H]1[C@H]2OC(=O)c1ccc(OC)cc1. The lowest BCUT2D eigenvalue weighted by Gasteiger charge is -2.69. The molecule has 0 N–H and O–H groups in total. The summed E-state index contributed by atoms with van der Waals surface area (Å²) in [6.45, 7) is 6.11.